The van der Waals surface area contributed by atoms with Crippen molar-refractivity contribution < 1.29 is 9.53 Å². The third kappa shape index (κ3) is 2.84. The molecule has 1 aliphatic heterocycles. The van der Waals surface area contributed by atoms with E-state index in [0.29, 0.717) is 0 Å². The average Bonchev–Trinajstić information content (AvgIpc) is 3.07. The predicted octanol–water partition coefficient (Wildman–Crippen LogP) is 4.31. The molecular formula is C17H18O2S. The molecule has 0 saturated carbocycles. The monoisotopic (exact) mass is 286 g/mol. The van der Waals surface area contributed by atoms with Crippen molar-refractivity contribution in [2.24, 2.45) is 0 Å². The molecule has 3 heteroatoms. The van der Waals surface area contributed by atoms with Crippen LogP contribution in [0.25, 0.3) is 0 Å². The number of aldehydes is 1. The number of benzene rings is 1. The predicted molar refractivity (Wildman–Crippen MR) is 81.6 cm³/mol. The fraction of sp³-hybridized carbons (Fsp3) is 0.353. The fourth-order valence-corrected chi connectivity index (χ4v) is 3.84. The standard InChI is InChI=1S/C17H18O2S/c1-12-4-2-5-13(8-12)9-14-10-15(11-18)20-17(14)16-6-3-7-19-16/h2,4-5,8,10-11,16H,3,6-7,9H2,1H3. The average molecular weight is 286 g/mol. The smallest absolute Gasteiger partial charge is 0.160 e. The Hall–Kier alpha value is -1.45. The van der Waals surface area contributed by atoms with Gasteiger partial charge in [0.1, 0.15) is 0 Å². The van der Waals surface area contributed by atoms with Crippen LogP contribution in [0.1, 0.15) is 50.2 Å². The second kappa shape index (κ2) is 5.90. The highest BCUT2D eigenvalue weighted by Crippen LogP contribution is 2.37. The van der Waals surface area contributed by atoms with Crippen LogP contribution in [-0.4, -0.2) is 12.9 Å². The van der Waals surface area contributed by atoms with Crippen LogP contribution in [0.2, 0.25) is 0 Å². The van der Waals surface area contributed by atoms with Gasteiger partial charge in [-0.15, -0.1) is 11.3 Å². The Balaban J connectivity index is 1.91. The normalized spacial score (nSPS) is 18.4. The van der Waals surface area contributed by atoms with Crippen molar-refractivity contribution in [3.63, 3.8) is 0 Å². The molecule has 1 atom stereocenters. The molecule has 0 spiro atoms. The molecule has 1 unspecified atom stereocenters. The first-order chi connectivity index (χ1) is 9.76. The second-order valence-electron chi connectivity index (χ2n) is 5.32. The third-order valence-electron chi connectivity index (χ3n) is 3.68. The number of carbonyl (C=O) groups is 1. The molecule has 1 aliphatic rings. The largest absolute Gasteiger partial charge is 0.373 e. The van der Waals surface area contributed by atoms with Crippen LogP contribution in [0.3, 0.4) is 0 Å². The molecule has 0 radical (unpaired) electrons. The van der Waals surface area contributed by atoms with Gasteiger partial charge in [0.05, 0.1) is 11.0 Å². The summed E-state index contributed by atoms with van der Waals surface area (Å²) in [6.07, 6.45) is 4.19. The van der Waals surface area contributed by atoms with Gasteiger partial charge in [0, 0.05) is 11.5 Å². The highest BCUT2D eigenvalue weighted by atomic mass is 32.1. The molecule has 0 aliphatic carbocycles. The number of hydrogen-bond donors (Lipinski definition) is 0. The number of hydrogen-bond acceptors (Lipinski definition) is 3. The fourth-order valence-electron chi connectivity index (χ4n) is 2.76. The molecule has 20 heavy (non-hydrogen) atoms. The van der Waals surface area contributed by atoms with Gasteiger partial charge in [0.25, 0.3) is 0 Å². The topological polar surface area (TPSA) is 26.3 Å². The number of rotatable bonds is 4. The lowest BCUT2D eigenvalue weighted by Crippen LogP contribution is -1.98. The van der Waals surface area contributed by atoms with E-state index in [1.807, 2.05) is 6.07 Å². The number of carbonyl (C=O) groups excluding carboxylic acids is 1. The van der Waals surface area contributed by atoms with Gasteiger partial charge in [-0.05, 0) is 43.4 Å². The van der Waals surface area contributed by atoms with Crippen LogP contribution in [0, 0.1) is 6.92 Å². The molecule has 0 amide bonds. The molecule has 1 fully saturated rings. The lowest BCUT2D eigenvalue weighted by Gasteiger charge is -2.10. The van der Waals surface area contributed by atoms with Crippen molar-refractivity contribution >= 4 is 17.6 Å². The highest BCUT2D eigenvalue weighted by Gasteiger charge is 2.23. The molecule has 1 saturated heterocycles. The number of aryl methyl sites for hydroxylation is 1. The summed E-state index contributed by atoms with van der Waals surface area (Å²) in [6, 6.07) is 10.6. The molecule has 2 aromatic rings. The minimum Gasteiger partial charge on any atom is -0.373 e. The van der Waals surface area contributed by atoms with E-state index in [1.165, 1.54) is 21.6 Å². The van der Waals surface area contributed by atoms with Gasteiger partial charge < -0.3 is 4.74 Å². The molecule has 104 valence electrons. The maximum atomic E-state index is 11.1. The van der Waals surface area contributed by atoms with Crippen LogP contribution >= 0.6 is 11.3 Å². The van der Waals surface area contributed by atoms with E-state index >= 15 is 0 Å². The Labute approximate surface area is 123 Å². The molecule has 0 N–H and O–H groups in total. The number of ether oxygens (including phenoxy) is 1. The van der Waals surface area contributed by atoms with Gasteiger partial charge in [-0.25, -0.2) is 0 Å². The van der Waals surface area contributed by atoms with Crippen molar-refractivity contribution in [1.29, 1.82) is 0 Å². The molecule has 2 heterocycles. The van der Waals surface area contributed by atoms with Crippen molar-refractivity contribution in [2.45, 2.75) is 32.3 Å². The molecule has 0 bridgehead atoms. The Kier molecular flexibility index (Phi) is 3.99. The Morgan fingerprint density at radius 3 is 3.00 bits per heavy atom. The lowest BCUT2D eigenvalue weighted by molar-refractivity contribution is 0.112. The Bertz CT molecular complexity index is 609. The van der Waals surface area contributed by atoms with E-state index in [-0.39, 0.29) is 6.10 Å². The summed E-state index contributed by atoms with van der Waals surface area (Å²) in [5.41, 5.74) is 3.81. The summed E-state index contributed by atoms with van der Waals surface area (Å²) in [5.74, 6) is 0. The summed E-state index contributed by atoms with van der Waals surface area (Å²) in [5, 5.41) is 0. The summed E-state index contributed by atoms with van der Waals surface area (Å²) in [4.78, 5) is 13.1. The summed E-state index contributed by atoms with van der Waals surface area (Å²) < 4.78 is 5.79. The summed E-state index contributed by atoms with van der Waals surface area (Å²) in [7, 11) is 0. The zero-order valence-corrected chi connectivity index (χ0v) is 12.4. The second-order valence-corrected chi connectivity index (χ2v) is 6.44. The van der Waals surface area contributed by atoms with E-state index in [0.717, 1.165) is 37.0 Å². The van der Waals surface area contributed by atoms with Gasteiger partial charge >= 0.3 is 0 Å². The van der Waals surface area contributed by atoms with E-state index in [9.17, 15) is 4.79 Å². The van der Waals surface area contributed by atoms with Gasteiger partial charge in [-0.3, -0.25) is 4.79 Å². The first-order valence-electron chi connectivity index (χ1n) is 7.01. The van der Waals surface area contributed by atoms with Gasteiger partial charge in [0.2, 0.25) is 0 Å². The molecule has 1 aromatic carbocycles. The lowest BCUT2D eigenvalue weighted by atomic mass is 10.0. The quantitative estimate of drug-likeness (QED) is 0.783. The molecular weight excluding hydrogens is 268 g/mol. The molecule has 1 aromatic heterocycles. The van der Waals surface area contributed by atoms with Crippen molar-refractivity contribution in [1.82, 2.24) is 0 Å². The minimum atomic E-state index is 0.188. The SMILES string of the molecule is Cc1cccc(Cc2cc(C=O)sc2C2CCCO2)c1. The van der Waals surface area contributed by atoms with Crippen LogP contribution in [0.4, 0.5) is 0 Å². The minimum absolute atomic E-state index is 0.188. The van der Waals surface area contributed by atoms with E-state index in [1.54, 1.807) is 11.3 Å². The van der Waals surface area contributed by atoms with Crippen LogP contribution in [-0.2, 0) is 11.2 Å². The Morgan fingerprint density at radius 1 is 1.40 bits per heavy atom. The Morgan fingerprint density at radius 2 is 2.30 bits per heavy atom. The summed E-state index contributed by atoms with van der Waals surface area (Å²) in [6.45, 7) is 2.94. The van der Waals surface area contributed by atoms with Gasteiger partial charge in [0.15, 0.2) is 6.29 Å². The van der Waals surface area contributed by atoms with Crippen LogP contribution in [0.15, 0.2) is 30.3 Å². The summed E-state index contributed by atoms with van der Waals surface area (Å²) >= 11 is 1.59. The van der Waals surface area contributed by atoms with E-state index in [2.05, 4.69) is 31.2 Å². The van der Waals surface area contributed by atoms with Crippen molar-refractivity contribution in [2.75, 3.05) is 6.61 Å². The maximum absolute atomic E-state index is 11.1. The zero-order chi connectivity index (χ0) is 13.9. The van der Waals surface area contributed by atoms with Crippen molar-refractivity contribution in [3.05, 3.63) is 56.8 Å². The van der Waals surface area contributed by atoms with E-state index in [4.69, 9.17) is 4.74 Å². The molecule has 3 rings (SSSR count). The third-order valence-corrected chi connectivity index (χ3v) is 4.87. The first kappa shape index (κ1) is 13.5. The maximum Gasteiger partial charge on any atom is 0.160 e. The van der Waals surface area contributed by atoms with Gasteiger partial charge in [-0.2, -0.15) is 0 Å². The molecule has 2 nitrogen and oxygen atoms in total. The number of thiophene rings is 1. The van der Waals surface area contributed by atoms with Crippen LogP contribution in [0.5, 0.6) is 0 Å². The highest BCUT2D eigenvalue weighted by molar-refractivity contribution is 7.13. The van der Waals surface area contributed by atoms with E-state index < -0.39 is 0 Å². The van der Waals surface area contributed by atoms with Gasteiger partial charge in [-0.1, -0.05) is 29.8 Å². The zero-order valence-electron chi connectivity index (χ0n) is 11.6. The first-order valence-corrected chi connectivity index (χ1v) is 7.83. The van der Waals surface area contributed by atoms with Crippen molar-refractivity contribution in [3.8, 4) is 0 Å². The van der Waals surface area contributed by atoms with Crippen LogP contribution < -0.4 is 0 Å².